The molecule has 1 unspecified atom stereocenters. The molecule has 0 saturated heterocycles. The number of nitrogens with one attached hydrogen (secondary N) is 1. The Bertz CT molecular complexity index is 384. The molecule has 1 atom stereocenters. The Morgan fingerprint density at radius 1 is 1.35 bits per heavy atom. The molecule has 0 heterocycles. The molecular formula is C12H16NO2SY-. The summed E-state index contributed by atoms with van der Waals surface area (Å²) >= 11 is 4.90. The molecule has 0 aliphatic carbocycles. The van der Waals surface area contributed by atoms with E-state index in [1.54, 1.807) is 14.0 Å². The van der Waals surface area contributed by atoms with Crippen LogP contribution >= 0.6 is 0 Å². The van der Waals surface area contributed by atoms with Crippen LogP contribution in [0.1, 0.15) is 18.1 Å². The molecule has 0 aliphatic rings. The molecule has 1 rings (SSSR count). The van der Waals surface area contributed by atoms with Gasteiger partial charge in [-0.05, 0) is 37.1 Å². The van der Waals surface area contributed by atoms with Crippen LogP contribution in [0.2, 0.25) is 0 Å². The fourth-order valence-electron chi connectivity index (χ4n) is 1.46. The van der Waals surface area contributed by atoms with Gasteiger partial charge in [0.2, 0.25) is 5.91 Å². The number of carbonyl (C=O) groups excluding carboxylic acids is 1. The van der Waals surface area contributed by atoms with Crippen LogP contribution in [0.25, 0.3) is 0 Å². The Hall–Kier alpha value is -0.0561. The van der Waals surface area contributed by atoms with Gasteiger partial charge in [-0.15, -0.1) is 0 Å². The molecule has 1 aromatic carbocycles. The van der Waals surface area contributed by atoms with Crippen LogP contribution in [0.5, 0.6) is 5.75 Å². The van der Waals surface area contributed by atoms with Crippen LogP contribution in [0, 0.1) is 13.8 Å². The maximum absolute atomic E-state index is 11.5. The normalized spacial score (nSPS) is 11.4. The van der Waals surface area contributed by atoms with Crippen molar-refractivity contribution < 1.29 is 42.2 Å². The van der Waals surface area contributed by atoms with Crippen molar-refractivity contribution in [2.45, 2.75) is 26.0 Å². The molecule has 91 valence electrons. The summed E-state index contributed by atoms with van der Waals surface area (Å²) < 4.78 is 5.15. The van der Waals surface area contributed by atoms with E-state index in [9.17, 15) is 4.79 Å². The van der Waals surface area contributed by atoms with E-state index in [0.717, 1.165) is 22.6 Å². The summed E-state index contributed by atoms with van der Waals surface area (Å²) in [6.07, 6.45) is 0. The van der Waals surface area contributed by atoms with Crippen molar-refractivity contribution in [3.63, 3.8) is 0 Å². The Labute approximate surface area is 133 Å². The van der Waals surface area contributed by atoms with Crippen LogP contribution in [-0.4, -0.2) is 18.3 Å². The first-order chi connectivity index (χ1) is 7.45. The van der Waals surface area contributed by atoms with Gasteiger partial charge in [0.15, 0.2) is 0 Å². The zero-order valence-corrected chi connectivity index (χ0v) is 14.2. The van der Waals surface area contributed by atoms with Crippen molar-refractivity contribution in [3.05, 3.63) is 23.3 Å². The van der Waals surface area contributed by atoms with E-state index >= 15 is 0 Å². The standard InChI is InChI=1S/C12H17NO2S.Y/c1-7-5-10(15-4)6-8(2)11(7)13-12(14)9(3)16;/h5-6,9,16H,1-4H3,(H,13,14);/p-1. The first kappa shape index (κ1) is 16.9. The van der Waals surface area contributed by atoms with E-state index in [-0.39, 0.29) is 38.6 Å². The second-order valence-electron chi connectivity index (χ2n) is 3.77. The molecular weight excluding hydrogens is 311 g/mol. The summed E-state index contributed by atoms with van der Waals surface area (Å²) in [6, 6.07) is 3.77. The molecule has 0 saturated carbocycles. The Balaban J connectivity index is 0.00000256. The second kappa shape index (κ2) is 7.39. The van der Waals surface area contributed by atoms with Crippen molar-refractivity contribution in [3.8, 4) is 5.75 Å². The Kier molecular flexibility index (Phi) is 7.37. The predicted octanol–water partition coefficient (Wildman–Crippen LogP) is 2.18. The molecule has 0 aromatic heterocycles. The molecule has 0 aliphatic heterocycles. The SMILES string of the molecule is COc1cc(C)c(NC(=O)C(C)[S-])c(C)c1.[Y]. The third kappa shape index (κ3) is 4.61. The van der Waals surface area contributed by atoms with Gasteiger partial charge in [0.05, 0.1) is 7.11 Å². The molecule has 5 heteroatoms. The van der Waals surface area contributed by atoms with Gasteiger partial charge < -0.3 is 22.7 Å². The third-order valence-electron chi connectivity index (χ3n) is 2.36. The third-order valence-corrected chi connectivity index (χ3v) is 2.57. The van der Waals surface area contributed by atoms with Crippen molar-refractivity contribution >= 4 is 24.2 Å². The number of anilines is 1. The largest absolute Gasteiger partial charge is 0.780 e. The molecule has 1 radical (unpaired) electrons. The number of aryl methyl sites for hydroxylation is 2. The second-order valence-corrected chi connectivity index (χ2v) is 4.47. The molecule has 0 fully saturated rings. The minimum absolute atomic E-state index is 0. The average Bonchev–Trinajstić information content (AvgIpc) is 2.22. The maximum atomic E-state index is 11.5. The number of carbonyl (C=O) groups is 1. The molecule has 0 bridgehead atoms. The van der Waals surface area contributed by atoms with Gasteiger partial charge in [0.1, 0.15) is 5.75 Å². The van der Waals surface area contributed by atoms with Gasteiger partial charge in [-0.1, -0.05) is 12.2 Å². The molecule has 1 amide bonds. The fourth-order valence-corrected chi connectivity index (χ4v) is 1.52. The topological polar surface area (TPSA) is 38.3 Å². The summed E-state index contributed by atoms with van der Waals surface area (Å²) in [7, 11) is 1.62. The van der Waals surface area contributed by atoms with Gasteiger partial charge in [-0.3, -0.25) is 4.79 Å². The first-order valence-electron chi connectivity index (χ1n) is 5.07. The molecule has 1 N–H and O–H groups in total. The van der Waals surface area contributed by atoms with E-state index in [1.807, 2.05) is 26.0 Å². The number of methoxy groups -OCH3 is 1. The summed E-state index contributed by atoms with van der Waals surface area (Å²) in [5, 5.41) is 2.40. The van der Waals surface area contributed by atoms with Gasteiger partial charge in [-0.2, -0.15) is 0 Å². The van der Waals surface area contributed by atoms with E-state index < -0.39 is 5.25 Å². The van der Waals surface area contributed by atoms with Gasteiger partial charge in [0.25, 0.3) is 0 Å². The van der Waals surface area contributed by atoms with Crippen molar-refractivity contribution in [1.29, 1.82) is 0 Å². The zero-order chi connectivity index (χ0) is 12.3. The zero-order valence-electron chi connectivity index (χ0n) is 10.5. The predicted molar refractivity (Wildman–Crippen MR) is 67.9 cm³/mol. The number of amides is 1. The number of hydrogen-bond acceptors (Lipinski definition) is 3. The van der Waals surface area contributed by atoms with E-state index in [1.165, 1.54) is 0 Å². The first-order valence-corrected chi connectivity index (χ1v) is 5.54. The van der Waals surface area contributed by atoms with E-state index in [4.69, 9.17) is 17.4 Å². The van der Waals surface area contributed by atoms with Crippen LogP contribution in [-0.2, 0) is 50.1 Å². The molecule has 1 aromatic rings. The fraction of sp³-hybridized carbons (Fsp3) is 0.417. The van der Waals surface area contributed by atoms with Crippen LogP contribution in [0.15, 0.2) is 12.1 Å². The number of rotatable bonds is 3. The van der Waals surface area contributed by atoms with Gasteiger partial charge in [0, 0.05) is 38.4 Å². The monoisotopic (exact) mass is 327 g/mol. The number of benzene rings is 1. The van der Waals surface area contributed by atoms with Crippen LogP contribution in [0.3, 0.4) is 0 Å². The maximum Gasteiger partial charge on any atom is 0.203 e. The van der Waals surface area contributed by atoms with Crippen LogP contribution < -0.4 is 10.1 Å². The molecule has 3 nitrogen and oxygen atoms in total. The summed E-state index contributed by atoms with van der Waals surface area (Å²) in [6.45, 7) is 5.55. The molecule has 17 heavy (non-hydrogen) atoms. The van der Waals surface area contributed by atoms with Gasteiger partial charge >= 0.3 is 0 Å². The smallest absolute Gasteiger partial charge is 0.203 e. The van der Waals surface area contributed by atoms with Crippen molar-refractivity contribution in [2.24, 2.45) is 0 Å². The summed E-state index contributed by atoms with van der Waals surface area (Å²) in [5.41, 5.74) is 2.77. The number of hydrogen-bond donors (Lipinski definition) is 1. The minimum Gasteiger partial charge on any atom is -0.780 e. The van der Waals surface area contributed by atoms with Crippen LogP contribution in [0.4, 0.5) is 5.69 Å². The quantitative estimate of drug-likeness (QED) is 0.865. The van der Waals surface area contributed by atoms with E-state index in [0.29, 0.717) is 0 Å². The Morgan fingerprint density at radius 3 is 2.18 bits per heavy atom. The van der Waals surface area contributed by atoms with E-state index in [2.05, 4.69) is 5.32 Å². The molecule has 0 spiro atoms. The number of ether oxygens (including phenoxy) is 1. The Morgan fingerprint density at radius 2 is 1.82 bits per heavy atom. The van der Waals surface area contributed by atoms with Crippen molar-refractivity contribution in [1.82, 2.24) is 0 Å². The summed E-state index contributed by atoms with van der Waals surface area (Å²) in [4.78, 5) is 11.5. The minimum atomic E-state index is -0.430. The van der Waals surface area contributed by atoms with Gasteiger partial charge in [-0.25, -0.2) is 0 Å². The summed E-state index contributed by atoms with van der Waals surface area (Å²) in [5.74, 6) is 0.644. The van der Waals surface area contributed by atoms with Crippen molar-refractivity contribution in [2.75, 3.05) is 12.4 Å². The average molecular weight is 327 g/mol.